The van der Waals surface area contributed by atoms with E-state index in [0.717, 1.165) is 23.9 Å². The third-order valence-corrected chi connectivity index (χ3v) is 5.33. The minimum atomic E-state index is -5.86. The highest BCUT2D eigenvalue weighted by Gasteiger charge is 2.72. The molecule has 0 aromatic heterocycles. The number of halogens is 6. The molecule has 0 atom stereocenters. The van der Waals surface area contributed by atoms with Crippen LogP contribution in [-0.2, 0) is 5.41 Å². The number of alkyl halides is 6. The van der Waals surface area contributed by atoms with Crippen LogP contribution in [0, 0.1) is 6.92 Å². The fraction of sp³-hybridized carbons (Fsp3) is 0.200. The molecule has 0 aliphatic rings. The molecule has 4 nitrogen and oxygen atoms in total. The van der Waals surface area contributed by atoms with E-state index in [4.69, 9.17) is 0 Å². The van der Waals surface area contributed by atoms with Crippen LogP contribution in [0.2, 0.25) is 0 Å². The zero-order valence-corrected chi connectivity index (χ0v) is 18.5. The molecule has 0 bridgehead atoms. The lowest BCUT2D eigenvalue weighted by Gasteiger charge is -2.38. The first-order chi connectivity index (χ1) is 16.3. The van der Waals surface area contributed by atoms with E-state index in [9.17, 15) is 36.6 Å². The van der Waals surface area contributed by atoms with Crippen molar-refractivity contribution in [2.24, 2.45) is 9.98 Å². The molecule has 184 valence electrons. The minimum absolute atomic E-state index is 0.459. The first kappa shape index (κ1) is 25.8. The highest BCUT2D eigenvalue weighted by atomic mass is 19.4. The molecule has 35 heavy (non-hydrogen) atoms. The standard InChI is InChI=1S/C25H20F6N2O2/c1-3-32-19-12-17(7-9-21(19)34)23(24(26,27)28,25(29,30)31)18-8-10-22(35)20(13-18)33-14-16-6-4-5-15(2)11-16/h3-14,34-35H,1-2H3. The predicted molar refractivity (Wildman–Crippen MR) is 121 cm³/mol. The molecule has 0 saturated heterocycles. The van der Waals surface area contributed by atoms with E-state index in [2.05, 4.69) is 9.98 Å². The Morgan fingerprint density at radius 1 is 0.714 bits per heavy atom. The molecule has 3 rings (SSSR count). The van der Waals surface area contributed by atoms with E-state index >= 15 is 0 Å². The maximum atomic E-state index is 14.5. The maximum absolute atomic E-state index is 14.5. The lowest BCUT2D eigenvalue weighted by Crippen LogP contribution is -2.54. The van der Waals surface area contributed by atoms with Gasteiger partial charge in [0.25, 0.3) is 0 Å². The monoisotopic (exact) mass is 494 g/mol. The Balaban J connectivity index is 2.30. The summed E-state index contributed by atoms with van der Waals surface area (Å²) in [6, 6.07) is 10.5. The first-order valence-corrected chi connectivity index (χ1v) is 10.2. The Morgan fingerprint density at radius 2 is 1.23 bits per heavy atom. The van der Waals surface area contributed by atoms with Crippen molar-refractivity contribution in [1.82, 2.24) is 0 Å². The first-order valence-electron chi connectivity index (χ1n) is 10.2. The Kier molecular flexibility index (Phi) is 6.96. The summed E-state index contributed by atoms with van der Waals surface area (Å²) in [5, 5.41) is 20.0. The minimum Gasteiger partial charge on any atom is -0.506 e. The number of hydrogen-bond donors (Lipinski definition) is 2. The topological polar surface area (TPSA) is 65.2 Å². The van der Waals surface area contributed by atoms with Gasteiger partial charge < -0.3 is 10.2 Å². The molecule has 0 amide bonds. The molecule has 0 aliphatic heterocycles. The highest BCUT2D eigenvalue weighted by molar-refractivity contribution is 5.83. The molecule has 0 radical (unpaired) electrons. The van der Waals surface area contributed by atoms with Gasteiger partial charge in [-0.05, 0) is 54.8 Å². The van der Waals surface area contributed by atoms with Crippen molar-refractivity contribution in [2.45, 2.75) is 31.6 Å². The average Bonchev–Trinajstić information content (AvgIpc) is 2.74. The molecule has 0 aliphatic carbocycles. The smallest absolute Gasteiger partial charge is 0.411 e. The average molecular weight is 494 g/mol. The van der Waals surface area contributed by atoms with Gasteiger partial charge in [0.05, 0.1) is 0 Å². The fourth-order valence-corrected chi connectivity index (χ4v) is 3.74. The van der Waals surface area contributed by atoms with Crippen molar-refractivity contribution in [1.29, 1.82) is 0 Å². The summed E-state index contributed by atoms with van der Waals surface area (Å²) in [4.78, 5) is 7.60. The molecule has 2 N–H and O–H groups in total. The van der Waals surface area contributed by atoms with Crippen LogP contribution in [0.25, 0.3) is 0 Å². The summed E-state index contributed by atoms with van der Waals surface area (Å²) >= 11 is 0. The molecule has 0 fully saturated rings. The van der Waals surface area contributed by atoms with Crippen molar-refractivity contribution >= 4 is 23.8 Å². The summed E-state index contributed by atoms with van der Waals surface area (Å²) in [6.07, 6.45) is -9.36. The van der Waals surface area contributed by atoms with Crippen molar-refractivity contribution in [3.63, 3.8) is 0 Å². The van der Waals surface area contributed by atoms with E-state index < -0.39 is 51.8 Å². The number of nitrogens with zero attached hydrogens (tertiary/aromatic N) is 2. The maximum Gasteiger partial charge on any atom is 0.411 e. The van der Waals surface area contributed by atoms with Crippen molar-refractivity contribution in [3.8, 4) is 11.5 Å². The zero-order valence-electron chi connectivity index (χ0n) is 18.5. The third kappa shape index (κ3) is 4.87. The Hall–Kier alpha value is -3.82. The second-order valence-corrected chi connectivity index (χ2v) is 7.71. The number of phenols is 2. The van der Waals surface area contributed by atoms with Crippen LogP contribution < -0.4 is 0 Å². The quantitative estimate of drug-likeness (QED) is 0.289. The largest absolute Gasteiger partial charge is 0.506 e. The van der Waals surface area contributed by atoms with Crippen LogP contribution in [0.4, 0.5) is 37.7 Å². The van der Waals surface area contributed by atoms with Crippen LogP contribution in [0.5, 0.6) is 11.5 Å². The molecular formula is C25H20F6N2O2. The van der Waals surface area contributed by atoms with E-state index in [0.29, 0.717) is 29.8 Å². The van der Waals surface area contributed by atoms with Crippen LogP contribution in [0.3, 0.4) is 0 Å². The lowest BCUT2D eigenvalue weighted by molar-refractivity contribution is -0.288. The van der Waals surface area contributed by atoms with Gasteiger partial charge in [0.1, 0.15) is 22.9 Å². The molecule has 0 spiro atoms. The number of benzene rings is 3. The van der Waals surface area contributed by atoms with Crippen molar-refractivity contribution in [2.75, 3.05) is 0 Å². The number of aryl methyl sites for hydroxylation is 1. The van der Waals surface area contributed by atoms with Gasteiger partial charge in [-0.1, -0.05) is 42.0 Å². The Bertz CT molecular complexity index is 1270. The van der Waals surface area contributed by atoms with Crippen LogP contribution in [0.15, 0.2) is 70.6 Å². The summed E-state index contributed by atoms with van der Waals surface area (Å²) in [7, 11) is 0. The Morgan fingerprint density at radius 3 is 1.69 bits per heavy atom. The molecule has 0 heterocycles. The van der Waals surface area contributed by atoms with Gasteiger partial charge in [0, 0.05) is 12.4 Å². The summed E-state index contributed by atoms with van der Waals surface area (Å²) in [5.41, 5.74) is -6.44. The number of aromatic hydroxyl groups is 2. The SMILES string of the molecule is CC=Nc1cc(C(c2ccc(O)c(N=Cc3cccc(C)c3)c2)(C(F)(F)F)C(F)(F)F)ccc1O. The van der Waals surface area contributed by atoms with E-state index in [1.54, 1.807) is 31.2 Å². The zero-order chi connectivity index (χ0) is 26.0. The van der Waals surface area contributed by atoms with Gasteiger partial charge in [-0.3, -0.25) is 9.98 Å². The van der Waals surface area contributed by atoms with Crippen LogP contribution >= 0.6 is 0 Å². The predicted octanol–water partition coefficient (Wildman–Crippen LogP) is 7.29. The summed E-state index contributed by atoms with van der Waals surface area (Å²) < 4.78 is 86.8. The summed E-state index contributed by atoms with van der Waals surface area (Å²) in [6.45, 7) is 3.19. The number of phenolic OH excluding ortho intramolecular Hbond substituents is 2. The Labute approximate surface area is 196 Å². The van der Waals surface area contributed by atoms with Gasteiger partial charge >= 0.3 is 12.4 Å². The number of rotatable bonds is 5. The number of hydrogen-bond acceptors (Lipinski definition) is 4. The molecule has 0 unspecified atom stereocenters. The van der Waals surface area contributed by atoms with E-state index in [-0.39, 0.29) is 0 Å². The highest BCUT2D eigenvalue weighted by Crippen LogP contribution is 2.57. The molecule has 3 aromatic carbocycles. The van der Waals surface area contributed by atoms with Gasteiger partial charge in [0.15, 0.2) is 0 Å². The van der Waals surface area contributed by atoms with E-state index in [1.807, 2.05) is 0 Å². The fourth-order valence-electron chi connectivity index (χ4n) is 3.74. The molecule has 0 saturated carbocycles. The normalized spacial score (nSPS) is 13.1. The van der Waals surface area contributed by atoms with E-state index in [1.165, 1.54) is 13.1 Å². The number of aliphatic imine (C=N–C) groups is 2. The summed E-state index contributed by atoms with van der Waals surface area (Å²) in [5.74, 6) is -1.18. The molecule has 10 heteroatoms. The van der Waals surface area contributed by atoms with Gasteiger partial charge in [-0.15, -0.1) is 0 Å². The molecule has 3 aromatic rings. The lowest BCUT2D eigenvalue weighted by atomic mass is 9.72. The van der Waals surface area contributed by atoms with Crippen LogP contribution in [-0.4, -0.2) is 35.0 Å². The second kappa shape index (κ2) is 9.44. The second-order valence-electron chi connectivity index (χ2n) is 7.71. The van der Waals surface area contributed by atoms with Gasteiger partial charge in [0.2, 0.25) is 5.41 Å². The van der Waals surface area contributed by atoms with Crippen LogP contribution in [0.1, 0.15) is 29.2 Å². The van der Waals surface area contributed by atoms with Gasteiger partial charge in [-0.2, -0.15) is 26.3 Å². The van der Waals surface area contributed by atoms with Gasteiger partial charge in [-0.25, -0.2) is 0 Å². The van der Waals surface area contributed by atoms with Crippen molar-refractivity contribution in [3.05, 3.63) is 82.9 Å². The molecular weight excluding hydrogens is 474 g/mol. The third-order valence-electron chi connectivity index (χ3n) is 5.33. The van der Waals surface area contributed by atoms with Crippen molar-refractivity contribution < 1.29 is 36.6 Å².